The maximum Gasteiger partial charge on any atom is 0.303 e. The number of ketones is 1. The molecule has 0 aliphatic carbocycles. The van der Waals surface area contributed by atoms with Crippen LogP contribution in [-0.4, -0.2) is 40.8 Å². The van der Waals surface area contributed by atoms with Crippen LogP contribution in [0.15, 0.2) is 0 Å². The van der Waals surface area contributed by atoms with Crippen molar-refractivity contribution in [3.8, 4) is 0 Å². The summed E-state index contributed by atoms with van der Waals surface area (Å²) >= 11 is 0. The average molecular weight is 213 g/mol. The molecule has 0 unspecified atom stereocenters. The monoisotopic (exact) mass is 213 g/mol. The Hall–Kier alpha value is -1.39. The van der Waals surface area contributed by atoms with Gasteiger partial charge in [-0.15, -0.1) is 0 Å². The number of hydrogen-bond donors (Lipinski definition) is 1. The van der Waals surface area contributed by atoms with Crippen LogP contribution in [0, 0.1) is 0 Å². The highest BCUT2D eigenvalue weighted by Crippen LogP contribution is 2.09. The molecular weight excluding hydrogens is 198 g/mol. The average Bonchev–Trinajstić information content (AvgIpc) is 2.18. The second-order valence-electron chi connectivity index (χ2n) is 3.67. The largest absolute Gasteiger partial charge is 0.481 e. The molecule has 0 radical (unpaired) electrons. The summed E-state index contributed by atoms with van der Waals surface area (Å²) in [4.78, 5) is 34.3. The third kappa shape index (κ3) is 4.10. The number of nitrogens with zero attached hydrogens (tertiary/aromatic N) is 1. The Kier molecular flexibility index (Phi) is 4.27. The molecule has 0 aromatic carbocycles. The van der Waals surface area contributed by atoms with E-state index in [1.807, 2.05) is 0 Å². The van der Waals surface area contributed by atoms with E-state index in [0.717, 1.165) is 0 Å². The normalized spacial score (nSPS) is 16.5. The summed E-state index contributed by atoms with van der Waals surface area (Å²) in [6.07, 6.45) is 1.53. The number of Topliss-reactive ketones (excluding diaryl/α,β-unsaturated/α-hetero) is 1. The van der Waals surface area contributed by atoms with Crippen LogP contribution in [0.25, 0.3) is 0 Å². The Morgan fingerprint density at radius 2 is 1.80 bits per heavy atom. The van der Waals surface area contributed by atoms with Gasteiger partial charge in [-0.1, -0.05) is 0 Å². The predicted molar refractivity (Wildman–Crippen MR) is 52.3 cm³/mol. The molecule has 0 bridgehead atoms. The lowest BCUT2D eigenvalue weighted by Crippen LogP contribution is -2.38. The number of hydrogen-bond acceptors (Lipinski definition) is 3. The lowest BCUT2D eigenvalue weighted by molar-refractivity contribution is -0.137. The Morgan fingerprint density at radius 1 is 1.20 bits per heavy atom. The van der Waals surface area contributed by atoms with Crippen LogP contribution in [-0.2, 0) is 14.4 Å². The van der Waals surface area contributed by atoms with E-state index in [1.165, 1.54) is 0 Å². The van der Waals surface area contributed by atoms with Crippen LogP contribution in [0.4, 0.5) is 0 Å². The van der Waals surface area contributed by atoms with Crippen LogP contribution >= 0.6 is 0 Å². The molecule has 1 aliphatic rings. The molecule has 1 amide bonds. The van der Waals surface area contributed by atoms with Crippen molar-refractivity contribution in [2.75, 3.05) is 13.1 Å². The number of carbonyl (C=O) groups is 3. The smallest absolute Gasteiger partial charge is 0.303 e. The van der Waals surface area contributed by atoms with Gasteiger partial charge < -0.3 is 10.0 Å². The van der Waals surface area contributed by atoms with Crippen molar-refractivity contribution < 1.29 is 19.5 Å². The maximum absolute atomic E-state index is 11.5. The number of carboxylic acids is 1. The first-order valence-corrected chi connectivity index (χ1v) is 5.11. The lowest BCUT2D eigenvalue weighted by atomic mass is 10.1. The number of carbonyl (C=O) groups excluding carboxylic acids is 2. The topological polar surface area (TPSA) is 74.7 Å². The SMILES string of the molecule is O=C(O)CCCC(=O)N1CCC(=O)CC1. The summed E-state index contributed by atoms with van der Waals surface area (Å²) in [5.74, 6) is -0.718. The van der Waals surface area contributed by atoms with E-state index in [2.05, 4.69) is 0 Å². The number of carboxylic acid groups (broad SMARTS) is 1. The number of rotatable bonds is 4. The van der Waals surface area contributed by atoms with Gasteiger partial charge in [0.15, 0.2) is 0 Å². The fourth-order valence-corrected chi connectivity index (χ4v) is 1.55. The Bertz CT molecular complexity index is 265. The fraction of sp³-hybridized carbons (Fsp3) is 0.700. The second kappa shape index (κ2) is 5.48. The predicted octanol–water partition coefficient (Wildman–Crippen LogP) is 0.433. The lowest BCUT2D eigenvalue weighted by Gasteiger charge is -2.25. The van der Waals surface area contributed by atoms with Crippen molar-refractivity contribution >= 4 is 17.7 Å². The standard InChI is InChI=1S/C10H15NO4/c12-8-4-6-11(7-5-8)9(13)2-1-3-10(14)15/h1-7H2,(H,14,15). The minimum Gasteiger partial charge on any atom is -0.481 e. The highest BCUT2D eigenvalue weighted by molar-refractivity contribution is 5.83. The van der Waals surface area contributed by atoms with Crippen LogP contribution in [0.5, 0.6) is 0 Å². The van der Waals surface area contributed by atoms with Gasteiger partial charge >= 0.3 is 5.97 Å². The minimum absolute atomic E-state index is 0.0263. The van der Waals surface area contributed by atoms with Crippen molar-refractivity contribution in [3.63, 3.8) is 0 Å². The summed E-state index contributed by atoms with van der Waals surface area (Å²) in [7, 11) is 0. The van der Waals surface area contributed by atoms with Gasteiger partial charge in [0.05, 0.1) is 0 Å². The number of amides is 1. The first-order valence-electron chi connectivity index (χ1n) is 5.11. The van der Waals surface area contributed by atoms with Crippen molar-refractivity contribution in [2.45, 2.75) is 32.1 Å². The molecule has 1 heterocycles. The molecule has 5 nitrogen and oxygen atoms in total. The third-order valence-electron chi connectivity index (χ3n) is 2.46. The van der Waals surface area contributed by atoms with E-state index in [9.17, 15) is 14.4 Å². The first kappa shape index (κ1) is 11.7. The van der Waals surface area contributed by atoms with Gasteiger partial charge in [0.2, 0.25) is 5.91 Å². The van der Waals surface area contributed by atoms with Gasteiger partial charge in [0, 0.05) is 38.8 Å². The van der Waals surface area contributed by atoms with Gasteiger partial charge in [-0.25, -0.2) is 0 Å². The van der Waals surface area contributed by atoms with E-state index < -0.39 is 5.97 Å². The van der Waals surface area contributed by atoms with Crippen LogP contribution in [0.1, 0.15) is 32.1 Å². The van der Waals surface area contributed by atoms with Crippen LogP contribution < -0.4 is 0 Å². The summed E-state index contributed by atoms with van der Waals surface area (Å²) in [5, 5.41) is 8.40. The molecule has 84 valence electrons. The third-order valence-corrected chi connectivity index (χ3v) is 2.46. The molecule has 0 aromatic heterocycles. The number of piperidine rings is 1. The van der Waals surface area contributed by atoms with Gasteiger partial charge in [-0.05, 0) is 6.42 Å². The zero-order valence-electron chi connectivity index (χ0n) is 8.57. The quantitative estimate of drug-likeness (QED) is 0.735. The molecular formula is C10H15NO4. The van der Waals surface area contributed by atoms with E-state index in [0.29, 0.717) is 32.4 Å². The summed E-state index contributed by atoms with van der Waals surface area (Å²) in [6, 6.07) is 0. The van der Waals surface area contributed by atoms with E-state index in [4.69, 9.17) is 5.11 Å². The van der Waals surface area contributed by atoms with Gasteiger partial charge in [0.1, 0.15) is 5.78 Å². The van der Waals surface area contributed by atoms with Crippen molar-refractivity contribution in [2.24, 2.45) is 0 Å². The molecule has 0 aromatic rings. The zero-order chi connectivity index (χ0) is 11.3. The Balaban J connectivity index is 2.22. The second-order valence-corrected chi connectivity index (χ2v) is 3.67. The fourth-order valence-electron chi connectivity index (χ4n) is 1.55. The minimum atomic E-state index is -0.878. The zero-order valence-corrected chi connectivity index (χ0v) is 8.57. The highest BCUT2D eigenvalue weighted by Gasteiger charge is 2.20. The van der Waals surface area contributed by atoms with Crippen molar-refractivity contribution in [1.29, 1.82) is 0 Å². The van der Waals surface area contributed by atoms with E-state index in [-0.39, 0.29) is 24.5 Å². The van der Waals surface area contributed by atoms with Crippen LogP contribution in [0.2, 0.25) is 0 Å². The van der Waals surface area contributed by atoms with Gasteiger partial charge in [-0.3, -0.25) is 14.4 Å². The molecule has 0 atom stereocenters. The number of likely N-dealkylation sites (tertiary alicyclic amines) is 1. The highest BCUT2D eigenvalue weighted by atomic mass is 16.4. The molecule has 15 heavy (non-hydrogen) atoms. The maximum atomic E-state index is 11.5. The summed E-state index contributed by atoms with van der Waals surface area (Å²) in [6.45, 7) is 0.982. The van der Waals surface area contributed by atoms with Crippen LogP contribution in [0.3, 0.4) is 0 Å². The molecule has 1 saturated heterocycles. The summed E-state index contributed by atoms with van der Waals surface area (Å²) < 4.78 is 0. The van der Waals surface area contributed by atoms with E-state index in [1.54, 1.807) is 4.90 Å². The molecule has 1 aliphatic heterocycles. The van der Waals surface area contributed by atoms with Crippen molar-refractivity contribution in [3.05, 3.63) is 0 Å². The molecule has 1 N–H and O–H groups in total. The van der Waals surface area contributed by atoms with E-state index >= 15 is 0 Å². The molecule has 1 rings (SSSR count). The molecule has 0 spiro atoms. The summed E-state index contributed by atoms with van der Waals surface area (Å²) in [5.41, 5.74) is 0. The first-order chi connectivity index (χ1) is 7.09. The number of aliphatic carboxylic acids is 1. The molecule has 0 saturated carbocycles. The Morgan fingerprint density at radius 3 is 2.33 bits per heavy atom. The van der Waals surface area contributed by atoms with Crippen molar-refractivity contribution in [1.82, 2.24) is 4.90 Å². The van der Waals surface area contributed by atoms with Gasteiger partial charge in [-0.2, -0.15) is 0 Å². The Labute approximate surface area is 88.1 Å². The van der Waals surface area contributed by atoms with Gasteiger partial charge in [0.25, 0.3) is 0 Å². The molecule has 1 fully saturated rings. The molecule has 5 heteroatoms.